The lowest BCUT2D eigenvalue weighted by Gasteiger charge is -2.11. The van der Waals surface area contributed by atoms with Crippen molar-refractivity contribution in [2.24, 2.45) is 0 Å². The molecule has 2 aromatic carbocycles. The van der Waals surface area contributed by atoms with E-state index in [1.54, 1.807) is 7.11 Å². The van der Waals surface area contributed by atoms with Crippen molar-refractivity contribution >= 4 is 40.9 Å². The number of methoxy groups -OCH3 is 1. The van der Waals surface area contributed by atoms with E-state index in [1.165, 1.54) is 17.3 Å². The lowest BCUT2D eigenvalue weighted by molar-refractivity contribution is 0.185. The molecule has 4 aromatic rings. The monoisotopic (exact) mass is 496 g/mol. The molecule has 0 aliphatic heterocycles. The van der Waals surface area contributed by atoms with Crippen LogP contribution in [0.4, 0.5) is 17.6 Å². The number of aromatic nitrogens is 6. The molecule has 0 amide bonds. The number of nitrogens with two attached hydrogens (primary N) is 1. The first kappa shape index (κ1) is 23.9. The van der Waals surface area contributed by atoms with E-state index in [4.69, 9.17) is 22.1 Å². The third-order valence-corrected chi connectivity index (χ3v) is 6.23. The molecule has 2 aromatic heterocycles. The van der Waals surface area contributed by atoms with Crippen LogP contribution in [0.15, 0.2) is 53.7 Å². The predicted octanol–water partition coefficient (Wildman–Crippen LogP) is 4.61. The second-order valence-corrected chi connectivity index (χ2v) is 8.69. The average molecular weight is 497 g/mol. The molecule has 9 nitrogen and oxygen atoms in total. The molecular formula is C23H25ClN8OS. The van der Waals surface area contributed by atoms with Crippen molar-refractivity contribution in [2.75, 3.05) is 24.8 Å². The summed E-state index contributed by atoms with van der Waals surface area (Å²) in [5, 5.41) is 13.4. The van der Waals surface area contributed by atoms with E-state index in [0.29, 0.717) is 35.7 Å². The highest BCUT2D eigenvalue weighted by atomic mass is 35.5. The Bertz CT molecular complexity index is 1250. The van der Waals surface area contributed by atoms with Gasteiger partial charge >= 0.3 is 0 Å². The molecule has 11 heteroatoms. The van der Waals surface area contributed by atoms with Crippen LogP contribution in [0.25, 0.3) is 11.4 Å². The van der Waals surface area contributed by atoms with Gasteiger partial charge < -0.3 is 15.8 Å². The van der Waals surface area contributed by atoms with Crippen molar-refractivity contribution in [2.45, 2.75) is 30.8 Å². The second kappa shape index (κ2) is 11.3. The molecule has 0 bridgehead atoms. The zero-order chi connectivity index (χ0) is 23.9. The summed E-state index contributed by atoms with van der Waals surface area (Å²) >= 11 is 7.51. The van der Waals surface area contributed by atoms with Crippen LogP contribution in [-0.2, 0) is 23.5 Å². The number of nitrogen functional groups attached to an aromatic ring is 1. The van der Waals surface area contributed by atoms with E-state index >= 15 is 0 Å². The Kier molecular flexibility index (Phi) is 7.94. The molecule has 0 saturated carbocycles. The van der Waals surface area contributed by atoms with E-state index in [1.807, 2.05) is 47.0 Å². The Labute approximate surface area is 207 Å². The zero-order valence-electron chi connectivity index (χ0n) is 18.9. The minimum Gasteiger partial charge on any atom is -0.383 e. The van der Waals surface area contributed by atoms with Crippen LogP contribution in [0, 0.1) is 0 Å². The molecular weight excluding hydrogens is 472 g/mol. The predicted molar refractivity (Wildman–Crippen MR) is 135 cm³/mol. The quantitative estimate of drug-likeness (QED) is 0.303. The summed E-state index contributed by atoms with van der Waals surface area (Å²) in [5.41, 5.74) is 9.00. The number of nitrogens with zero attached hydrogens (tertiary/aromatic N) is 6. The highest BCUT2D eigenvalue weighted by Crippen LogP contribution is 2.27. The van der Waals surface area contributed by atoms with E-state index < -0.39 is 0 Å². The van der Waals surface area contributed by atoms with Crippen LogP contribution in [-0.4, -0.2) is 43.4 Å². The molecule has 0 aliphatic carbocycles. The van der Waals surface area contributed by atoms with Crippen molar-refractivity contribution in [3.8, 4) is 11.4 Å². The van der Waals surface area contributed by atoms with E-state index in [-0.39, 0.29) is 5.95 Å². The van der Waals surface area contributed by atoms with Crippen molar-refractivity contribution in [1.29, 1.82) is 0 Å². The summed E-state index contributed by atoms with van der Waals surface area (Å²) in [6.45, 7) is 3.22. The molecule has 0 radical (unpaired) electrons. The maximum absolute atomic E-state index is 6.04. The number of anilines is 3. The van der Waals surface area contributed by atoms with Gasteiger partial charge in [0.2, 0.25) is 11.9 Å². The Morgan fingerprint density at radius 3 is 2.62 bits per heavy atom. The van der Waals surface area contributed by atoms with Crippen LogP contribution in [0.2, 0.25) is 5.02 Å². The Morgan fingerprint density at radius 1 is 1.06 bits per heavy atom. The number of thioether (sulfide) groups is 1. The summed E-state index contributed by atoms with van der Waals surface area (Å²) in [7, 11) is 1.66. The minimum atomic E-state index is 0.157. The van der Waals surface area contributed by atoms with Gasteiger partial charge in [0.05, 0.1) is 18.9 Å². The molecule has 3 N–H and O–H groups in total. The number of aryl methyl sites for hydroxylation is 1. The molecule has 0 aliphatic rings. The van der Waals surface area contributed by atoms with Gasteiger partial charge in [-0.1, -0.05) is 48.5 Å². The Balaban J connectivity index is 1.54. The molecule has 0 fully saturated rings. The summed E-state index contributed by atoms with van der Waals surface area (Å²) in [4.78, 5) is 13.1. The van der Waals surface area contributed by atoms with Gasteiger partial charge in [0.25, 0.3) is 0 Å². The van der Waals surface area contributed by atoms with Gasteiger partial charge in [-0.05, 0) is 42.3 Å². The summed E-state index contributed by atoms with van der Waals surface area (Å²) in [6, 6.07) is 15.5. The van der Waals surface area contributed by atoms with E-state index in [9.17, 15) is 0 Å². The fourth-order valence-corrected chi connectivity index (χ4v) is 4.30. The SMILES string of the molecule is CCc1ccccc1Nc1nc(N)nc(CSc2nnc(-c3ccc(Cl)cc3)n2CCOC)n1. The van der Waals surface area contributed by atoms with Gasteiger partial charge in [0, 0.05) is 23.4 Å². The molecule has 4 rings (SSSR count). The summed E-state index contributed by atoms with van der Waals surface area (Å²) in [5.74, 6) is 2.30. The molecule has 0 saturated heterocycles. The minimum absolute atomic E-state index is 0.157. The van der Waals surface area contributed by atoms with Crippen molar-refractivity contribution in [1.82, 2.24) is 29.7 Å². The number of para-hydroxylation sites is 1. The number of nitrogens with one attached hydrogen (secondary N) is 1. The molecule has 34 heavy (non-hydrogen) atoms. The van der Waals surface area contributed by atoms with Gasteiger partial charge in [0.1, 0.15) is 5.82 Å². The van der Waals surface area contributed by atoms with Crippen molar-refractivity contribution in [3.05, 3.63) is 64.9 Å². The van der Waals surface area contributed by atoms with Crippen LogP contribution in [0.1, 0.15) is 18.3 Å². The number of rotatable bonds is 10. The second-order valence-electron chi connectivity index (χ2n) is 7.32. The van der Waals surface area contributed by atoms with Crippen molar-refractivity contribution in [3.63, 3.8) is 0 Å². The van der Waals surface area contributed by atoms with E-state index in [0.717, 1.165) is 28.7 Å². The normalized spacial score (nSPS) is 11.0. The lowest BCUT2D eigenvalue weighted by atomic mass is 10.1. The van der Waals surface area contributed by atoms with Gasteiger partial charge in [-0.2, -0.15) is 15.0 Å². The molecule has 0 unspecified atom stereocenters. The van der Waals surface area contributed by atoms with Crippen LogP contribution in [0.5, 0.6) is 0 Å². The fourth-order valence-electron chi connectivity index (χ4n) is 3.35. The van der Waals surface area contributed by atoms with Gasteiger partial charge in [-0.25, -0.2) is 0 Å². The maximum atomic E-state index is 6.04. The number of hydrogen-bond acceptors (Lipinski definition) is 9. The highest BCUT2D eigenvalue weighted by molar-refractivity contribution is 7.98. The molecule has 2 heterocycles. The third-order valence-electron chi connectivity index (χ3n) is 5.01. The first-order chi connectivity index (χ1) is 16.6. The third kappa shape index (κ3) is 5.82. The number of halogens is 1. The zero-order valence-corrected chi connectivity index (χ0v) is 20.5. The standard InChI is InChI=1S/C23H25ClN8OS/c1-3-15-6-4-5-7-18(15)26-22-28-19(27-21(25)29-22)14-34-23-31-30-20(32(23)12-13-33-2)16-8-10-17(24)11-9-16/h4-11H,3,12-14H2,1-2H3,(H3,25,26,27,28,29). The maximum Gasteiger partial charge on any atom is 0.232 e. The van der Waals surface area contributed by atoms with Gasteiger partial charge in [0.15, 0.2) is 11.0 Å². The van der Waals surface area contributed by atoms with Crippen LogP contribution in [0.3, 0.4) is 0 Å². The lowest BCUT2D eigenvalue weighted by Crippen LogP contribution is -2.09. The Hall–Kier alpha value is -3.21. The van der Waals surface area contributed by atoms with Gasteiger partial charge in [-0.3, -0.25) is 4.57 Å². The Morgan fingerprint density at radius 2 is 1.85 bits per heavy atom. The average Bonchev–Trinajstić information content (AvgIpc) is 3.24. The first-order valence-electron chi connectivity index (χ1n) is 10.7. The van der Waals surface area contributed by atoms with E-state index in [2.05, 4.69) is 43.5 Å². The van der Waals surface area contributed by atoms with Crippen LogP contribution < -0.4 is 11.1 Å². The number of hydrogen-bond donors (Lipinski definition) is 2. The fraction of sp³-hybridized carbons (Fsp3) is 0.261. The topological polar surface area (TPSA) is 117 Å². The largest absolute Gasteiger partial charge is 0.383 e. The smallest absolute Gasteiger partial charge is 0.232 e. The molecule has 0 spiro atoms. The summed E-state index contributed by atoms with van der Waals surface area (Å²) < 4.78 is 7.30. The molecule has 0 atom stereocenters. The molecule has 176 valence electrons. The van der Waals surface area contributed by atoms with Crippen LogP contribution >= 0.6 is 23.4 Å². The van der Waals surface area contributed by atoms with Gasteiger partial charge in [-0.15, -0.1) is 10.2 Å². The van der Waals surface area contributed by atoms with Crippen molar-refractivity contribution < 1.29 is 4.74 Å². The number of ether oxygens (including phenoxy) is 1. The highest BCUT2D eigenvalue weighted by Gasteiger charge is 2.16. The number of benzene rings is 2. The summed E-state index contributed by atoms with van der Waals surface area (Å²) in [6.07, 6.45) is 0.888. The first-order valence-corrected chi connectivity index (χ1v) is 12.1.